The number of nitrogens with one attached hydrogen (secondary N) is 1. The predicted molar refractivity (Wildman–Crippen MR) is 91.5 cm³/mol. The summed E-state index contributed by atoms with van der Waals surface area (Å²) >= 11 is 0. The molecule has 0 spiro atoms. The molecule has 0 radical (unpaired) electrons. The highest BCUT2D eigenvalue weighted by Gasteiger charge is 2.14. The van der Waals surface area contributed by atoms with Crippen molar-refractivity contribution in [3.8, 4) is 5.75 Å². The van der Waals surface area contributed by atoms with Crippen molar-refractivity contribution in [2.45, 2.75) is 32.9 Å². The number of H-pyrrole nitrogens is 1. The third kappa shape index (κ3) is 3.10. The Kier molecular flexibility index (Phi) is 4.79. The molecule has 2 aromatic heterocycles. The zero-order chi connectivity index (χ0) is 16.9. The zero-order valence-corrected chi connectivity index (χ0v) is 13.6. The molecule has 0 bridgehead atoms. The van der Waals surface area contributed by atoms with Gasteiger partial charge in [-0.05, 0) is 18.6 Å². The lowest BCUT2D eigenvalue weighted by molar-refractivity contribution is 0.292. The summed E-state index contributed by atoms with van der Waals surface area (Å²) in [7, 11) is 0. The molecular weight excluding hydrogens is 308 g/mol. The van der Waals surface area contributed by atoms with Crippen molar-refractivity contribution in [3.63, 3.8) is 0 Å². The molecule has 24 heavy (non-hydrogen) atoms. The molecule has 3 rings (SSSR count). The number of hydrogen-bond donors (Lipinski definition) is 1. The second-order valence-electron chi connectivity index (χ2n) is 5.51. The van der Waals surface area contributed by atoms with Crippen molar-refractivity contribution in [1.29, 1.82) is 0 Å². The minimum absolute atomic E-state index is 0.188. The second kappa shape index (κ2) is 7.16. The molecule has 0 saturated heterocycles. The van der Waals surface area contributed by atoms with Crippen molar-refractivity contribution in [1.82, 2.24) is 19.1 Å². The predicted octanol–water partition coefficient (Wildman–Crippen LogP) is 1.77. The Hall–Kier alpha value is -2.83. The number of benzene rings is 1. The van der Waals surface area contributed by atoms with Crippen LogP contribution >= 0.6 is 0 Å². The maximum absolute atomic E-state index is 12.7. The van der Waals surface area contributed by atoms with Crippen LogP contribution in [0.2, 0.25) is 0 Å². The Labute approximate surface area is 138 Å². The zero-order valence-electron chi connectivity index (χ0n) is 13.6. The van der Waals surface area contributed by atoms with Gasteiger partial charge in [0.1, 0.15) is 17.9 Å². The van der Waals surface area contributed by atoms with Crippen LogP contribution in [-0.2, 0) is 13.1 Å². The topological polar surface area (TPSA) is 81.9 Å². The van der Waals surface area contributed by atoms with Gasteiger partial charge in [0.15, 0.2) is 5.65 Å². The highest BCUT2D eigenvalue weighted by atomic mass is 16.5. The Morgan fingerprint density at radius 2 is 1.92 bits per heavy atom. The van der Waals surface area contributed by atoms with E-state index in [4.69, 9.17) is 4.74 Å². The monoisotopic (exact) mass is 328 g/mol. The minimum Gasteiger partial charge on any atom is -0.492 e. The summed E-state index contributed by atoms with van der Waals surface area (Å²) in [6.45, 7) is 3.02. The fourth-order valence-electron chi connectivity index (χ4n) is 2.59. The molecule has 2 heterocycles. The third-order valence-electron chi connectivity index (χ3n) is 3.86. The van der Waals surface area contributed by atoms with E-state index in [0.29, 0.717) is 23.5 Å². The van der Waals surface area contributed by atoms with Gasteiger partial charge in [0, 0.05) is 6.54 Å². The van der Waals surface area contributed by atoms with Crippen LogP contribution in [0.5, 0.6) is 5.75 Å². The Bertz CT molecular complexity index is 924. The smallest absolute Gasteiger partial charge is 0.332 e. The number of imidazole rings is 1. The van der Waals surface area contributed by atoms with Gasteiger partial charge in [-0.1, -0.05) is 31.5 Å². The average molecular weight is 328 g/mol. The first-order chi connectivity index (χ1) is 11.7. The van der Waals surface area contributed by atoms with Gasteiger partial charge in [-0.15, -0.1) is 0 Å². The largest absolute Gasteiger partial charge is 0.492 e. The molecule has 1 aromatic carbocycles. The number of aromatic amines is 1. The van der Waals surface area contributed by atoms with Crippen LogP contribution in [0.1, 0.15) is 19.8 Å². The number of unbranched alkanes of at least 4 members (excludes halogenated alkanes) is 1. The molecule has 1 N–H and O–H groups in total. The highest BCUT2D eigenvalue weighted by Crippen LogP contribution is 2.08. The molecule has 0 fully saturated rings. The molecule has 0 aliphatic carbocycles. The molecule has 7 nitrogen and oxygen atoms in total. The maximum atomic E-state index is 12.7. The van der Waals surface area contributed by atoms with Gasteiger partial charge in [0.2, 0.25) is 0 Å². The van der Waals surface area contributed by atoms with Crippen LogP contribution in [0, 0.1) is 0 Å². The van der Waals surface area contributed by atoms with Crippen LogP contribution in [-0.4, -0.2) is 25.7 Å². The summed E-state index contributed by atoms with van der Waals surface area (Å²) in [6.07, 6.45) is 3.24. The number of rotatable bonds is 7. The molecule has 7 heteroatoms. The van der Waals surface area contributed by atoms with Gasteiger partial charge in [-0.25, -0.2) is 9.78 Å². The number of aryl methyl sites for hydroxylation is 1. The lowest BCUT2D eigenvalue weighted by Gasteiger charge is -2.11. The molecule has 0 atom stereocenters. The van der Waals surface area contributed by atoms with Crippen molar-refractivity contribution in [2.24, 2.45) is 0 Å². The molecule has 126 valence electrons. The molecule has 0 unspecified atom stereocenters. The normalized spacial score (nSPS) is 11.0. The molecule has 3 aromatic rings. The van der Waals surface area contributed by atoms with Gasteiger partial charge in [-0.3, -0.25) is 13.9 Å². The first kappa shape index (κ1) is 16.0. The van der Waals surface area contributed by atoms with E-state index in [1.54, 1.807) is 4.57 Å². The molecule has 0 aliphatic heterocycles. The van der Waals surface area contributed by atoms with E-state index in [1.807, 2.05) is 30.3 Å². The van der Waals surface area contributed by atoms with Crippen LogP contribution < -0.4 is 16.0 Å². The fourth-order valence-corrected chi connectivity index (χ4v) is 2.59. The SMILES string of the molecule is CCCCn1c(=O)n(CCOc2ccccc2)c(=O)c2[nH]cnc21. The summed E-state index contributed by atoms with van der Waals surface area (Å²) in [6, 6.07) is 9.31. The van der Waals surface area contributed by atoms with E-state index in [0.717, 1.165) is 12.8 Å². The molecule has 0 saturated carbocycles. The van der Waals surface area contributed by atoms with Crippen LogP contribution in [0.15, 0.2) is 46.2 Å². The average Bonchev–Trinajstić information content (AvgIpc) is 3.08. The third-order valence-corrected chi connectivity index (χ3v) is 3.86. The quantitative estimate of drug-likeness (QED) is 0.716. The number of hydrogen-bond acceptors (Lipinski definition) is 4. The first-order valence-electron chi connectivity index (χ1n) is 8.07. The first-order valence-corrected chi connectivity index (χ1v) is 8.07. The Morgan fingerprint density at radius 1 is 1.12 bits per heavy atom. The van der Waals surface area contributed by atoms with E-state index < -0.39 is 0 Å². The molecular formula is C17H20N4O3. The lowest BCUT2D eigenvalue weighted by Crippen LogP contribution is -2.41. The fraction of sp³-hybridized carbons (Fsp3) is 0.353. The van der Waals surface area contributed by atoms with Crippen LogP contribution in [0.3, 0.4) is 0 Å². The van der Waals surface area contributed by atoms with Gasteiger partial charge < -0.3 is 9.72 Å². The number of ether oxygens (including phenoxy) is 1. The summed E-state index contributed by atoms with van der Waals surface area (Å²) in [4.78, 5) is 32.1. The lowest BCUT2D eigenvalue weighted by atomic mass is 10.3. The van der Waals surface area contributed by atoms with Crippen LogP contribution in [0.25, 0.3) is 11.2 Å². The van der Waals surface area contributed by atoms with Crippen molar-refractivity contribution in [2.75, 3.05) is 6.61 Å². The summed E-state index contributed by atoms with van der Waals surface area (Å²) in [5.41, 5.74) is 0.0608. The number of para-hydroxylation sites is 1. The maximum Gasteiger partial charge on any atom is 0.332 e. The van der Waals surface area contributed by atoms with E-state index in [2.05, 4.69) is 16.9 Å². The Balaban J connectivity index is 1.89. The van der Waals surface area contributed by atoms with E-state index >= 15 is 0 Å². The van der Waals surface area contributed by atoms with Crippen LogP contribution in [0.4, 0.5) is 0 Å². The summed E-state index contributed by atoms with van der Waals surface area (Å²) in [5, 5.41) is 0. The van der Waals surface area contributed by atoms with Gasteiger partial charge in [-0.2, -0.15) is 0 Å². The summed E-state index contributed by atoms with van der Waals surface area (Å²) < 4.78 is 8.36. The molecule has 0 aliphatic rings. The van der Waals surface area contributed by atoms with Gasteiger partial charge >= 0.3 is 5.69 Å². The van der Waals surface area contributed by atoms with E-state index in [9.17, 15) is 9.59 Å². The van der Waals surface area contributed by atoms with Gasteiger partial charge in [0.05, 0.1) is 12.9 Å². The van der Waals surface area contributed by atoms with Crippen molar-refractivity contribution in [3.05, 3.63) is 57.5 Å². The summed E-state index contributed by atoms with van der Waals surface area (Å²) in [5.74, 6) is 0.708. The minimum atomic E-state index is -0.364. The molecule has 0 amide bonds. The second-order valence-corrected chi connectivity index (χ2v) is 5.51. The highest BCUT2D eigenvalue weighted by molar-refractivity contribution is 5.68. The number of nitrogens with zero attached hydrogens (tertiary/aromatic N) is 3. The Morgan fingerprint density at radius 3 is 2.67 bits per heavy atom. The van der Waals surface area contributed by atoms with E-state index in [-0.39, 0.29) is 24.4 Å². The number of aromatic nitrogens is 4. The van der Waals surface area contributed by atoms with Gasteiger partial charge in [0.25, 0.3) is 5.56 Å². The standard InChI is InChI=1S/C17H20N4O3/c1-2-3-9-20-15-14(18-12-19-15)16(22)21(17(20)23)10-11-24-13-7-5-4-6-8-13/h4-8,12H,2-3,9-11H2,1H3,(H,18,19). The van der Waals surface area contributed by atoms with Crippen molar-refractivity contribution < 1.29 is 4.74 Å². The number of fused-ring (bicyclic) bond motifs is 1. The van der Waals surface area contributed by atoms with E-state index in [1.165, 1.54) is 10.9 Å². The van der Waals surface area contributed by atoms with Crippen molar-refractivity contribution >= 4 is 11.2 Å².